The molecule has 0 radical (unpaired) electrons. The summed E-state index contributed by atoms with van der Waals surface area (Å²) in [5, 5.41) is 13.1. The fraction of sp³-hybridized carbons (Fsp3) is 0.438. The molecule has 0 aliphatic heterocycles. The first-order valence-corrected chi connectivity index (χ1v) is 7.20. The van der Waals surface area contributed by atoms with Crippen molar-refractivity contribution in [2.75, 3.05) is 14.2 Å². The highest BCUT2D eigenvalue weighted by atomic mass is 16.5. The number of aromatic nitrogens is 3. The zero-order chi connectivity index (χ0) is 16.1. The minimum absolute atomic E-state index is 0.211. The lowest BCUT2D eigenvalue weighted by Crippen LogP contribution is -2.12. The van der Waals surface area contributed by atoms with E-state index in [0.29, 0.717) is 11.6 Å². The lowest BCUT2D eigenvalue weighted by molar-refractivity contribution is 0.101. The van der Waals surface area contributed by atoms with E-state index in [2.05, 4.69) is 15.3 Å². The number of hydrogen-bond acceptors (Lipinski definition) is 5. The molecule has 0 bridgehead atoms. The molecule has 0 N–H and O–H groups in total. The summed E-state index contributed by atoms with van der Waals surface area (Å²) in [6.07, 6.45) is -0.421. The van der Waals surface area contributed by atoms with Gasteiger partial charge in [0.15, 0.2) is 11.6 Å². The second kappa shape index (κ2) is 7.29. The van der Waals surface area contributed by atoms with E-state index in [1.807, 2.05) is 51.1 Å². The van der Waals surface area contributed by atoms with Gasteiger partial charge in [-0.3, -0.25) is 0 Å². The van der Waals surface area contributed by atoms with Gasteiger partial charge in [-0.15, -0.1) is 10.2 Å². The standard InChI is InChI=1S/C16H22N4O2/c1-11(14-9-7-6-8-10-14)19-20-15(12(2)21-4)17-18-16(20)13(3)22-5/h6-10,12-13H,1-5H3/t12-,13-/m0/s1. The Bertz CT molecular complexity index is 609. The van der Waals surface area contributed by atoms with E-state index in [4.69, 9.17) is 9.47 Å². The lowest BCUT2D eigenvalue weighted by atomic mass is 10.1. The van der Waals surface area contributed by atoms with Gasteiger partial charge in [-0.25, -0.2) is 0 Å². The number of nitrogens with zero attached hydrogens (tertiary/aromatic N) is 4. The van der Waals surface area contributed by atoms with Crippen LogP contribution in [0.2, 0.25) is 0 Å². The summed E-state index contributed by atoms with van der Waals surface area (Å²) >= 11 is 0. The first kappa shape index (κ1) is 16.3. The highest BCUT2D eigenvalue weighted by Crippen LogP contribution is 2.21. The van der Waals surface area contributed by atoms with E-state index in [0.717, 1.165) is 11.3 Å². The van der Waals surface area contributed by atoms with Crippen molar-refractivity contribution in [1.82, 2.24) is 14.9 Å². The Morgan fingerprint density at radius 1 is 1.00 bits per heavy atom. The van der Waals surface area contributed by atoms with Crippen LogP contribution in [0.3, 0.4) is 0 Å². The highest BCUT2D eigenvalue weighted by Gasteiger charge is 2.21. The van der Waals surface area contributed by atoms with E-state index in [9.17, 15) is 0 Å². The fourth-order valence-corrected chi connectivity index (χ4v) is 2.01. The quantitative estimate of drug-likeness (QED) is 0.770. The molecule has 0 aliphatic carbocycles. The molecule has 6 nitrogen and oxygen atoms in total. The summed E-state index contributed by atoms with van der Waals surface area (Å²) in [7, 11) is 3.27. The van der Waals surface area contributed by atoms with Crippen molar-refractivity contribution in [3.63, 3.8) is 0 Å². The maximum atomic E-state index is 5.36. The zero-order valence-electron chi connectivity index (χ0n) is 13.6. The van der Waals surface area contributed by atoms with Crippen LogP contribution in [0.25, 0.3) is 0 Å². The molecule has 0 saturated carbocycles. The van der Waals surface area contributed by atoms with E-state index in [1.165, 1.54) is 0 Å². The summed E-state index contributed by atoms with van der Waals surface area (Å²) in [6.45, 7) is 5.78. The van der Waals surface area contributed by atoms with Gasteiger partial charge in [0, 0.05) is 14.2 Å². The molecule has 2 atom stereocenters. The smallest absolute Gasteiger partial charge is 0.183 e. The molecule has 118 valence electrons. The minimum Gasteiger partial charge on any atom is -0.374 e. The Hall–Kier alpha value is -2.05. The second-order valence-electron chi connectivity index (χ2n) is 5.04. The van der Waals surface area contributed by atoms with Gasteiger partial charge in [-0.05, 0) is 26.3 Å². The third kappa shape index (κ3) is 3.40. The summed E-state index contributed by atoms with van der Waals surface area (Å²) in [5.41, 5.74) is 1.91. The number of hydrogen-bond donors (Lipinski definition) is 0. The molecule has 1 aromatic carbocycles. The van der Waals surface area contributed by atoms with Gasteiger partial charge in [0.1, 0.15) is 12.2 Å². The first-order chi connectivity index (χ1) is 10.6. The zero-order valence-corrected chi connectivity index (χ0v) is 13.6. The average molecular weight is 302 g/mol. The van der Waals surface area contributed by atoms with Gasteiger partial charge in [-0.1, -0.05) is 30.3 Å². The third-order valence-electron chi connectivity index (χ3n) is 3.56. The molecule has 0 unspecified atom stereocenters. The Labute approximate surface area is 130 Å². The number of benzene rings is 1. The van der Waals surface area contributed by atoms with E-state index in [1.54, 1.807) is 18.9 Å². The van der Waals surface area contributed by atoms with Crippen molar-refractivity contribution < 1.29 is 9.47 Å². The fourth-order valence-electron chi connectivity index (χ4n) is 2.01. The van der Waals surface area contributed by atoms with Gasteiger partial charge in [0.25, 0.3) is 0 Å². The van der Waals surface area contributed by atoms with Crippen molar-refractivity contribution in [1.29, 1.82) is 0 Å². The number of rotatable bonds is 6. The Morgan fingerprint density at radius 2 is 1.50 bits per heavy atom. The molecule has 2 aromatic rings. The average Bonchev–Trinajstić information content (AvgIpc) is 2.97. The van der Waals surface area contributed by atoms with E-state index < -0.39 is 0 Å². The van der Waals surface area contributed by atoms with Crippen LogP contribution in [0.15, 0.2) is 35.4 Å². The van der Waals surface area contributed by atoms with Gasteiger partial charge in [0.2, 0.25) is 0 Å². The molecular formula is C16H22N4O2. The lowest BCUT2D eigenvalue weighted by Gasteiger charge is -2.13. The molecule has 0 saturated heterocycles. The summed E-state index contributed by atoms with van der Waals surface area (Å²) in [4.78, 5) is 0. The van der Waals surface area contributed by atoms with E-state index >= 15 is 0 Å². The number of methoxy groups -OCH3 is 2. The van der Waals surface area contributed by atoms with Crippen LogP contribution in [0.1, 0.15) is 50.2 Å². The normalized spacial score (nSPS) is 14.9. The Kier molecular flexibility index (Phi) is 5.41. The summed E-state index contributed by atoms with van der Waals surface area (Å²) in [6, 6.07) is 9.98. The molecule has 2 rings (SSSR count). The van der Waals surface area contributed by atoms with Crippen LogP contribution in [0.5, 0.6) is 0 Å². The molecule has 0 fully saturated rings. The molecular weight excluding hydrogens is 280 g/mol. The monoisotopic (exact) mass is 302 g/mol. The topological polar surface area (TPSA) is 61.5 Å². The second-order valence-corrected chi connectivity index (χ2v) is 5.04. The molecule has 1 aromatic heterocycles. The molecule has 0 aliphatic rings. The highest BCUT2D eigenvalue weighted by molar-refractivity contribution is 5.98. The molecule has 0 amide bonds. The maximum absolute atomic E-state index is 5.36. The summed E-state index contributed by atoms with van der Waals surface area (Å²) < 4.78 is 12.4. The third-order valence-corrected chi connectivity index (χ3v) is 3.56. The van der Waals surface area contributed by atoms with Gasteiger partial charge in [-0.2, -0.15) is 9.78 Å². The van der Waals surface area contributed by atoms with Crippen LogP contribution < -0.4 is 0 Å². The van der Waals surface area contributed by atoms with Crippen molar-refractivity contribution >= 4 is 5.71 Å². The minimum atomic E-state index is -0.211. The van der Waals surface area contributed by atoms with Crippen molar-refractivity contribution in [2.24, 2.45) is 5.10 Å². The largest absolute Gasteiger partial charge is 0.374 e. The van der Waals surface area contributed by atoms with Crippen molar-refractivity contribution in [3.05, 3.63) is 47.5 Å². The predicted molar refractivity (Wildman–Crippen MR) is 84.9 cm³/mol. The number of ether oxygens (including phenoxy) is 2. The van der Waals surface area contributed by atoms with Crippen molar-refractivity contribution in [2.45, 2.75) is 33.0 Å². The SMILES string of the molecule is CO[C@@H](C)c1nnc([C@H](C)OC)n1N=C(C)c1ccccc1. The van der Waals surface area contributed by atoms with E-state index in [-0.39, 0.29) is 12.2 Å². The predicted octanol–water partition coefficient (Wildman–Crippen LogP) is 2.97. The van der Waals surface area contributed by atoms with Gasteiger partial charge < -0.3 is 9.47 Å². The Morgan fingerprint density at radius 3 is 1.95 bits per heavy atom. The van der Waals surface area contributed by atoms with Crippen molar-refractivity contribution in [3.8, 4) is 0 Å². The summed E-state index contributed by atoms with van der Waals surface area (Å²) in [5.74, 6) is 1.30. The molecule has 0 spiro atoms. The molecule has 22 heavy (non-hydrogen) atoms. The molecule has 1 heterocycles. The van der Waals surface area contributed by atoms with Crippen LogP contribution in [0.4, 0.5) is 0 Å². The van der Waals surface area contributed by atoms with Crippen LogP contribution in [-0.2, 0) is 9.47 Å². The van der Waals surface area contributed by atoms with Crippen LogP contribution >= 0.6 is 0 Å². The van der Waals surface area contributed by atoms with Gasteiger partial charge >= 0.3 is 0 Å². The first-order valence-electron chi connectivity index (χ1n) is 7.20. The maximum Gasteiger partial charge on any atom is 0.183 e. The molecule has 6 heteroatoms. The Balaban J connectivity index is 2.49. The van der Waals surface area contributed by atoms with Gasteiger partial charge in [0.05, 0.1) is 5.71 Å². The van der Waals surface area contributed by atoms with Crippen LogP contribution in [0, 0.1) is 0 Å². The van der Waals surface area contributed by atoms with Crippen LogP contribution in [-0.4, -0.2) is 34.8 Å².